The molecular formula is C24H34O6S. The highest BCUT2D eigenvalue weighted by atomic mass is 32.3. The molecule has 0 saturated heterocycles. The van der Waals surface area contributed by atoms with E-state index in [1.807, 2.05) is 0 Å². The smallest absolute Gasteiger partial charge is 0.296 e. The number of carbonyl (C=O) groups excluding carboxylic acids is 2. The van der Waals surface area contributed by atoms with Gasteiger partial charge in [0.2, 0.25) is 0 Å². The molecule has 0 aliphatic heterocycles. The first-order valence-corrected chi connectivity index (χ1v) is 13.7. The number of ketones is 2. The maximum atomic E-state index is 13.0. The van der Waals surface area contributed by atoms with Gasteiger partial charge in [-0.05, 0) is 113 Å². The third kappa shape index (κ3) is 3.63. The van der Waals surface area contributed by atoms with E-state index in [0.717, 1.165) is 38.5 Å². The Kier molecular flexibility index (Phi) is 4.76. The zero-order valence-corrected chi connectivity index (χ0v) is 19.0. The highest BCUT2D eigenvalue weighted by molar-refractivity contribution is 7.81. The van der Waals surface area contributed by atoms with Gasteiger partial charge in [-0.2, -0.15) is 8.42 Å². The van der Waals surface area contributed by atoms with E-state index < -0.39 is 23.6 Å². The van der Waals surface area contributed by atoms with Crippen molar-refractivity contribution in [2.45, 2.75) is 77.0 Å². The molecule has 31 heavy (non-hydrogen) atoms. The molecule has 0 aromatic rings. The summed E-state index contributed by atoms with van der Waals surface area (Å²) in [5.74, 6) is 3.49. The Bertz CT molecular complexity index is 753. The SMILES string of the molecule is O=C(COS(=O)(=O)OCC(=O)C12CC3CC(CC(C3)C1)C2)C12CC3CC(CC(C3)C1)C2. The van der Waals surface area contributed by atoms with Crippen molar-refractivity contribution >= 4 is 22.0 Å². The molecule has 0 spiro atoms. The molecule has 0 atom stereocenters. The minimum Gasteiger partial charge on any atom is -0.296 e. The van der Waals surface area contributed by atoms with Crippen molar-refractivity contribution in [1.29, 1.82) is 0 Å². The summed E-state index contributed by atoms with van der Waals surface area (Å²) in [5.41, 5.74) is -0.779. The Morgan fingerprint density at radius 2 is 0.839 bits per heavy atom. The van der Waals surface area contributed by atoms with Gasteiger partial charge in [-0.25, -0.2) is 8.37 Å². The third-order valence-electron chi connectivity index (χ3n) is 9.93. The molecule has 0 aromatic carbocycles. The molecule has 7 heteroatoms. The van der Waals surface area contributed by atoms with Crippen molar-refractivity contribution in [2.75, 3.05) is 13.2 Å². The maximum Gasteiger partial charge on any atom is 0.400 e. The predicted molar refractivity (Wildman–Crippen MR) is 112 cm³/mol. The molecule has 0 amide bonds. The van der Waals surface area contributed by atoms with Crippen LogP contribution in [0.5, 0.6) is 0 Å². The van der Waals surface area contributed by atoms with Crippen LogP contribution < -0.4 is 0 Å². The van der Waals surface area contributed by atoms with Gasteiger partial charge < -0.3 is 0 Å². The van der Waals surface area contributed by atoms with Crippen molar-refractivity contribution < 1.29 is 26.4 Å². The van der Waals surface area contributed by atoms with Crippen molar-refractivity contribution in [3.05, 3.63) is 0 Å². The fourth-order valence-electron chi connectivity index (χ4n) is 9.50. The van der Waals surface area contributed by atoms with Crippen LogP contribution in [0.25, 0.3) is 0 Å². The van der Waals surface area contributed by atoms with Gasteiger partial charge in [0.1, 0.15) is 13.2 Å². The lowest BCUT2D eigenvalue weighted by molar-refractivity contribution is -0.146. The molecule has 8 rings (SSSR count). The minimum absolute atomic E-state index is 0.0915. The van der Waals surface area contributed by atoms with E-state index in [0.29, 0.717) is 35.5 Å². The first-order chi connectivity index (χ1) is 14.7. The van der Waals surface area contributed by atoms with E-state index in [1.54, 1.807) is 0 Å². The molecule has 8 bridgehead atoms. The molecule has 0 N–H and O–H groups in total. The average Bonchev–Trinajstić information content (AvgIpc) is 2.68. The van der Waals surface area contributed by atoms with Gasteiger partial charge in [-0.15, -0.1) is 0 Å². The fourth-order valence-corrected chi connectivity index (χ4v) is 10.1. The number of hydrogen-bond acceptors (Lipinski definition) is 6. The van der Waals surface area contributed by atoms with Crippen LogP contribution >= 0.6 is 0 Å². The highest BCUT2D eigenvalue weighted by Crippen LogP contribution is 2.61. The Hall–Kier alpha value is -0.790. The Labute approximate surface area is 185 Å². The Morgan fingerprint density at radius 1 is 0.581 bits per heavy atom. The highest BCUT2D eigenvalue weighted by Gasteiger charge is 2.55. The van der Waals surface area contributed by atoms with Crippen LogP contribution in [0.15, 0.2) is 0 Å². The summed E-state index contributed by atoms with van der Waals surface area (Å²) in [4.78, 5) is 26.0. The lowest BCUT2D eigenvalue weighted by atomic mass is 9.48. The van der Waals surface area contributed by atoms with Crippen molar-refractivity contribution in [3.63, 3.8) is 0 Å². The van der Waals surface area contributed by atoms with Crippen molar-refractivity contribution in [2.24, 2.45) is 46.3 Å². The van der Waals surface area contributed by atoms with E-state index in [9.17, 15) is 18.0 Å². The molecular weight excluding hydrogens is 416 g/mol. The number of Topliss-reactive ketones (excluding diaryl/α,β-unsaturated/α-hetero) is 2. The van der Waals surface area contributed by atoms with E-state index in [-0.39, 0.29) is 22.4 Å². The summed E-state index contributed by atoms with van der Waals surface area (Å²) in [6, 6.07) is 0. The molecule has 0 heterocycles. The van der Waals surface area contributed by atoms with E-state index in [2.05, 4.69) is 0 Å². The predicted octanol–water partition coefficient (Wildman–Crippen LogP) is 3.84. The van der Waals surface area contributed by atoms with Crippen molar-refractivity contribution in [3.8, 4) is 0 Å². The second kappa shape index (κ2) is 7.10. The molecule has 0 radical (unpaired) electrons. The molecule has 8 aliphatic rings. The second-order valence-electron chi connectivity index (χ2n) is 12.2. The number of rotatable bonds is 8. The Balaban J connectivity index is 1.04. The molecule has 6 nitrogen and oxygen atoms in total. The van der Waals surface area contributed by atoms with Gasteiger partial charge >= 0.3 is 10.4 Å². The molecule has 172 valence electrons. The van der Waals surface area contributed by atoms with E-state index >= 15 is 0 Å². The van der Waals surface area contributed by atoms with Gasteiger partial charge in [0.05, 0.1) is 0 Å². The molecule has 0 unspecified atom stereocenters. The average molecular weight is 451 g/mol. The molecule has 8 saturated carbocycles. The normalized spacial score (nSPS) is 47.1. The van der Waals surface area contributed by atoms with Crippen LogP contribution in [0.4, 0.5) is 0 Å². The lowest BCUT2D eigenvalue weighted by Crippen LogP contribution is -2.51. The minimum atomic E-state index is -4.36. The standard InChI is InChI=1S/C24H34O6S/c25-21(23-7-15-1-16(8-23)3-17(2-15)9-23)13-29-31(27,28)30-14-22(26)24-10-18-4-19(11-24)6-20(5-18)12-24/h15-20H,1-14H2. The zero-order valence-electron chi connectivity index (χ0n) is 18.2. The molecule has 8 fully saturated rings. The summed E-state index contributed by atoms with van der Waals surface area (Å²) in [5, 5.41) is 0. The fraction of sp³-hybridized carbons (Fsp3) is 0.917. The quantitative estimate of drug-likeness (QED) is 0.558. The van der Waals surface area contributed by atoms with Gasteiger partial charge in [-0.1, -0.05) is 0 Å². The van der Waals surface area contributed by atoms with Gasteiger partial charge in [-0.3, -0.25) is 9.59 Å². The second-order valence-corrected chi connectivity index (χ2v) is 13.5. The summed E-state index contributed by atoms with van der Waals surface area (Å²) >= 11 is 0. The lowest BCUT2D eigenvalue weighted by Gasteiger charge is -2.55. The number of hydrogen-bond donors (Lipinski definition) is 0. The van der Waals surface area contributed by atoms with Gasteiger partial charge in [0.25, 0.3) is 0 Å². The Morgan fingerprint density at radius 3 is 1.10 bits per heavy atom. The summed E-state index contributed by atoms with van der Waals surface area (Å²) in [7, 11) is -4.36. The zero-order chi connectivity index (χ0) is 21.4. The van der Waals surface area contributed by atoms with E-state index in [1.165, 1.54) is 38.5 Å². The van der Waals surface area contributed by atoms with Crippen LogP contribution in [0.3, 0.4) is 0 Å². The van der Waals surface area contributed by atoms with Gasteiger partial charge in [0, 0.05) is 10.8 Å². The van der Waals surface area contributed by atoms with Gasteiger partial charge in [0.15, 0.2) is 11.6 Å². The largest absolute Gasteiger partial charge is 0.400 e. The van der Waals surface area contributed by atoms with Crippen molar-refractivity contribution in [1.82, 2.24) is 0 Å². The summed E-state index contributed by atoms with van der Waals surface area (Å²) < 4.78 is 34.7. The maximum absolute atomic E-state index is 13.0. The summed E-state index contributed by atoms with van der Waals surface area (Å²) in [6.45, 7) is -0.917. The van der Waals surface area contributed by atoms with Crippen LogP contribution in [-0.2, 0) is 28.4 Å². The molecule has 8 aliphatic carbocycles. The third-order valence-corrected chi connectivity index (χ3v) is 10.7. The molecule has 0 aromatic heterocycles. The summed E-state index contributed by atoms with van der Waals surface area (Å²) in [6.07, 6.45) is 12.6. The van der Waals surface area contributed by atoms with Crippen LogP contribution in [0.2, 0.25) is 0 Å². The first-order valence-electron chi connectivity index (χ1n) is 12.3. The van der Waals surface area contributed by atoms with E-state index in [4.69, 9.17) is 8.37 Å². The van der Waals surface area contributed by atoms with Crippen LogP contribution in [0.1, 0.15) is 77.0 Å². The number of carbonyl (C=O) groups is 2. The first kappa shape index (κ1) is 20.8. The van der Waals surface area contributed by atoms with Crippen LogP contribution in [0, 0.1) is 46.3 Å². The monoisotopic (exact) mass is 450 g/mol. The van der Waals surface area contributed by atoms with Crippen LogP contribution in [-0.4, -0.2) is 33.2 Å². The topological polar surface area (TPSA) is 86.7 Å².